The summed E-state index contributed by atoms with van der Waals surface area (Å²) in [6.07, 6.45) is 3.23. The van der Waals surface area contributed by atoms with E-state index >= 15 is 0 Å². The largest absolute Gasteiger partial charge is 0.343 e. The molecule has 0 unspecified atom stereocenters. The van der Waals surface area contributed by atoms with Gasteiger partial charge in [0.05, 0.1) is 0 Å². The summed E-state index contributed by atoms with van der Waals surface area (Å²) in [5.41, 5.74) is 2.26. The molecule has 0 aliphatic carbocycles. The van der Waals surface area contributed by atoms with E-state index in [1.54, 1.807) is 5.51 Å². The molecule has 0 aromatic carbocycles. The van der Waals surface area contributed by atoms with Crippen molar-refractivity contribution in [2.24, 2.45) is 5.92 Å². The lowest BCUT2D eigenvalue weighted by atomic mass is 9.96. The quantitative estimate of drug-likeness (QED) is 0.838. The van der Waals surface area contributed by atoms with Crippen molar-refractivity contribution in [1.82, 2.24) is 19.7 Å². The van der Waals surface area contributed by atoms with Crippen molar-refractivity contribution in [2.75, 3.05) is 18.4 Å². The van der Waals surface area contributed by atoms with Gasteiger partial charge in [-0.05, 0) is 41.8 Å². The summed E-state index contributed by atoms with van der Waals surface area (Å²) in [6.45, 7) is 3.92. The maximum Gasteiger partial charge on any atom is 0.270 e. The van der Waals surface area contributed by atoms with Crippen LogP contribution < -0.4 is 5.32 Å². The van der Waals surface area contributed by atoms with Crippen LogP contribution >= 0.6 is 27.3 Å². The van der Waals surface area contributed by atoms with Gasteiger partial charge in [0.25, 0.3) is 5.91 Å². The second-order valence-electron chi connectivity index (χ2n) is 5.63. The van der Waals surface area contributed by atoms with E-state index in [4.69, 9.17) is 0 Å². The summed E-state index contributed by atoms with van der Waals surface area (Å²) in [5, 5.41) is 10.8. The summed E-state index contributed by atoms with van der Waals surface area (Å²) in [5.74, 6) is -0.119. The van der Waals surface area contributed by atoms with Crippen LogP contribution in [0.3, 0.4) is 0 Å². The number of likely N-dealkylation sites (tertiary alicyclic amines) is 1. The Bertz CT molecular complexity index is 722. The predicted octanol–water partition coefficient (Wildman–Crippen LogP) is 2.61. The average Bonchev–Trinajstić information content (AvgIpc) is 3.23. The highest BCUT2D eigenvalue weighted by molar-refractivity contribution is 9.10. The molecule has 0 radical (unpaired) electrons. The molecule has 0 bridgehead atoms. The number of nitrogens with zero attached hydrogens (tertiary/aromatic N) is 4. The van der Waals surface area contributed by atoms with E-state index in [0.717, 1.165) is 11.0 Å². The Labute approximate surface area is 152 Å². The second kappa shape index (κ2) is 7.43. The minimum Gasteiger partial charge on any atom is -0.343 e. The highest BCUT2D eigenvalue weighted by Gasteiger charge is 2.29. The summed E-state index contributed by atoms with van der Waals surface area (Å²) in [7, 11) is 0. The zero-order chi connectivity index (χ0) is 17.1. The van der Waals surface area contributed by atoms with Crippen LogP contribution in [0, 0.1) is 5.92 Å². The Kier molecular flexibility index (Phi) is 5.30. The molecule has 1 fully saturated rings. The minimum absolute atomic E-state index is 0.0190. The second-order valence-corrected chi connectivity index (χ2v) is 7.38. The molecule has 2 aromatic rings. The van der Waals surface area contributed by atoms with Gasteiger partial charge in [-0.3, -0.25) is 9.59 Å². The van der Waals surface area contributed by atoms with E-state index in [0.29, 0.717) is 36.8 Å². The van der Waals surface area contributed by atoms with Crippen LogP contribution in [-0.4, -0.2) is 44.6 Å². The number of hydrogen-bond donors (Lipinski definition) is 1. The van der Waals surface area contributed by atoms with Crippen LogP contribution in [-0.2, 0) is 11.3 Å². The first-order valence-electron chi connectivity index (χ1n) is 7.80. The van der Waals surface area contributed by atoms with Crippen LogP contribution in [0.4, 0.5) is 5.13 Å². The van der Waals surface area contributed by atoms with E-state index < -0.39 is 0 Å². The SMILES string of the molecule is CCn1cc(Br)cc1C(=O)N1CCC(C(=O)Nc2nncs2)CC1. The molecule has 7 nitrogen and oxygen atoms in total. The number of amides is 2. The first kappa shape index (κ1) is 17.1. The van der Waals surface area contributed by atoms with Gasteiger partial charge in [-0.2, -0.15) is 0 Å². The van der Waals surface area contributed by atoms with Crippen LogP contribution in [0.5, 0.6) is 0 Å². The number of carbonyl (C=O) groups excluding carboxylic acids is 2. The molecule has 9 heteroatoms. The normalized spacial score (nSPS) is 15.5. The lowest BCUT2D eigenvalue weighted by molar-refractivity contribution is -0.121. The monoisotopic (exact) mass is 411 g/mol. The Morgan fingerprint density at radius 2 is 2.17 bits per heavy atom. The molecule has 1 aliphatic rings. The summed E-state index contributed by atoms with van der Waals surface area (Å²) in [4.78, 5) is 26.7. The summed E-state index contributed by atoms with van der Waals surface area (Å²) < 4.78 is 2.83. The minimum atomic E-state index is -0.0948. The summed E-state index contributed by atoms with van der Waals surface area (Å²) >= 11 is 4.72. The molecule has 3 heterocycles. The van der Waals surface area contributed by atoms with E-state index in [-0.39, 0.29) is 17.7 Å². The molecule has 3 rings (SSSR count). The van der Waals surface area contributed by atoms with Crippen molar-refractivity contribution in [3.8, 4) is 0 Å². The third kappa shape index (κ3) is 3.67. The Balaban J connectivity index is 1.58. The van der Waals surface area contributed by atoms with E-state index in [2.05, 4.69) is 31.4 Å². The van der Waals surface area contributed by atoms with Crippen LogP contribution in [0.25, 0.3) is 0 Å². The number of halogens is 1. The van der Waals surface area contributed by atoms with Crippen LogP contribution in [0.15, 0.2) is 22.2 Å². The lowest BCUT2D eigenvalue weighted by Crippen LogP contribution is -2.42. The standard InChI is InChI=1S/C15H18BrN5O2S/c1-2-20-8-11(16)7-12(20)14(23)21-5-3-10(4-6-21)13(22)18-15-19-17-9-24-15/h7-10H,2-6H2,1H3,(H,18,19,22). The zero-order valence-corrected chi connectivity index (χ0v) is 15.6. The number of aromatic nitrogens is 3. The number of rotatable bonds is 4. The summed E-state index contributed by atoms with van der Waals surface area (Å²) in [6, 6.07) is 1.85. The molecule has 0 spiro atoms. The van der Waals surface area contributed by atoms with Gasteiger partial charge in [-0.15, -0.1) is 10.2 Å². The highest BCUT2D eigenvalue weighted by atomic mass is 79.9. The zero-order valence-electron chi connectivity index (χ0n) is 13.2. The predicted molar refractivity (Wildman–Crippen MR) is 95.0 cm³/mol. The maximum absolute atomic E-state index is 12.7. The fourth-order valence-electron chi connectivity index (χ4n) is 2.86. The van der Waals surface area contributed by atoms with Gasteiger partial charge in [-0.1, -0.05) is 11.3 Å². The molecule has 1 N–H and O–H groups in total. The third-order valence-corrected chi connectivity index (χ3v) is 5.21. The van der Waals surface area contributed by atoms with Crippen molar-refractivity contribution in [3.05, 3.63) is 27.9 Å². The number of hydrogen-bond acceptors (Lipinski definition) is 5. The van der Waals surface area contributed by atoms with Crippen molar-refractivity contribution in [3.63, 3.8) is 0 Å². The molecule has 0 atom stereocenters. The fraction of sp³-hybridized carbons (Fsp3) is 0.467. The number of carbonyl (C=O) groups is 2. The third-order valence-electron chi connectivity index (χ3n) is 4.17. The molecular formula is C15H18BrN5O2S. The number of anilines is 1. The van der Waals surface area contributed by atoms with Gasteiger partial charge in [0.15, 0.2) is 0 Å². The Morgan fingerprint density at radius 3 is 2.79 bits per heavy atom. The topological polar surface area (TPSA) is 80.1 Å². The maximum atomic E-state index is 12.7. The van der Waals surface area contributed by atoms with Crippen molar-refractivity contribution in [2.45, 2.75) is 26.3 Å². The molecular weight excluding hydrogens is 394 g/mol. The highest BCUT2D eigenvalue weighted by Crippen LogP contribution is 2.23. The molecule has 2 aromatic heterocycles. The first-order valence-corrected chi connectivity index (χ1v) is 9.47. The molecule has 24 heavy (non-hydrogen) atoms. The van der Waals surface area contributed by atoms with Gasteiger partial charge in [0.1, 0.15) is 11.2 Å². The lowest BCUT2D eigenvalue weighted by Gasteiger charge is -2.31. The first-order chi connectivity index (χ1) is 11.6. The van der Waals surface area contributed by atoms with Gasteiger partial charge in [-0.25, -0.2) is 0 Å². The van der Waals surface area contributed by atoms with Gasteiger partial charge >= 0.3 is 0 Å². The van der Waals surface area contributed by atoms with Crippen LogP contribution in [0.2, 0.25) is 0 Å². The van der Waals surface area contributed by atoms with Crippen molar-refractivity contribution < 1.29 is 9.59 Å². The Morgan fingerprint density at radius 1 is 1.42 bits per heavy atom. The van der Waals surface area contributed by atoms with Gasteiger partial charge in [0.2, 0.25) is 11.0 Å². The van der Waals surface area contributed by atoms with Crippen molar-refractivity contribution >= 4 is 44.2 Å². The molecule has 1 saturated heterocycles. The number of aryl methyl sites for hydroxylation is 1. The average molecular weight is 412 g/mol. The van der Waals surface area contributed by atoms with Crippen LogP contribution in [0.1, 0.15) is 30.3 Å². The van der Waals surface area contributed by atoms with Gasteiger partial charge in [0, 0.05) is 36.2 Å². The smallest absolute Gasteiger partial charge is 0.270 e. The number of piperidine rings is 1. The van der Waals surface area contributed by atoms with E-state index in [9.17, 15) is 9.59 Å². The van der Waals surface area contributed by atoms with Crippen molar-refractivity contribution in [1.29, 1.82) is 0 Å². The molecule has 128 valence electrons. The van der Waals surface area contributed by atoms with Gasteiger partial charge < -0.3 is 14.8 Å². The molecule has 1 aliphatic heterocycles. The number of nitrogens with one attached hydrogen (secondary N) is 1. The Hall–Kier alpha value is -1.74. The molecule has 0 saturated carbocycles. The molecule has 2 amide bonds. The fourth-order valence-corrected chi connectivity index (χ4v) is 3.77. The van der Waals surface area contributed by atoms with E-state index in [1.807, 2.05) is 28.7 Å². The van der Waals surface area contributed by atoms with E-state index in [1.165, 1.54) is 11.3 Å².